The second kappa shape index (κ2) is 7.50. The van der Waals surface area contributed by atoms with Gasteiger partial charge in [0.1, 0.15) is 5.69 Å². The minimum absolute atomic E-state index is 0.0751. The Morgan fingerprint density at radius 1 is 1.27 bits per heavy atom. The van der Waals surface area contributed by atoms with E-state index in [1.807, 2.05) is 25.1 Å². The van der Waals surface area contributed by atoms with Crippen molar-refractivity contribution in [1.82, 2.24) is 4.98 Å². The van der Waals surface area contributed by atoms with Crippen molar-refractivity contribution in [3.63, 3.8) is 0 Å². The average Bonchev–Trinajstić information content (AvgIpc) is 2.91. The van der Waals surface area contributed by atoms with Crippen molar-refractivity contribution in [2.75, 3.05) is 32.1 Å². The molecule has 0 spiro atoms. The van der Waals surface area contributed by atoms with Crippen molar-refractivity contribution in [3.8, 4) is 0 Å². The zero-order valence-corrected chi connectivity index (χ0v) is 15.9. The van der Waals surface area contributed by atoms with Gasteiger partial charge in [0.05, 0.1) is 25.9 Å². The molecular weight excluding hydrogens is 330 g/mol. The summed E-state index contributed by atoms with van der Waals surface area (Å²) in [5.41, 5.74) is 2.67. The van der Waals surface area contributed by atoms with Crippen LogP contribution in [0, 0.1) is 18.8 Å². The lowest BCUT2D eigenvalue weighted by atomic mass is 9.92. The van der Waals surface area contributed by atoms with Crippen molar-refractivity contribution in [2.45, 2.75) is 27.2 Å². The number of aryl methyl sites for hydroxylation is 1. The number of aromatic nitrogens is 1. The Morgan fingerprint density at radius 2 is 1.96 bits per heavy atom. The molecule has 1 saturated heterocycles. The van der Waals surface area contributed by atoms with Gasteiger partial charge in [0.25, 0.3) is 5.91 Å². The SMILES string of the molecule is COC(=O)c1[nH]c2ccc(C)cc2c1NC(=O)C[NH+]1C[C@@H](C)C[C@H](C)C1. The Morgan fingerprint density at radius 3 is 2.62 bits per heavy atom. The molecule has 1 aliphatic rings. The van der Waals surface area contributed by atoms with E-state index in [-0.39, 0.29) is 11.6 Å². The Hall–Kier alpha value is -2.34. The number of anilines is 1. The highest BCUT2D eigenvalue weighted by atomic mass is 16.5. The van der Waals surface area contributed by atoms with Gasteiger partial charge in [-0.05, 0) is 25.5 Å². The molecule has 0 bridgehead atoms. The molecule has 0 aliphatic carbocycles. The van der Waals surface area contributed by atoms with E-state index in [1.165, 1.54) is 18.4 Å². The van der Waals surface area contributed by atoms with Crippen LogP contribution in [0.25, 0.3) is 10.9 Å². The van der Waals surface area contributed by atoms with E-state index >= 15 is 0 Å². The van der Waals surface area contributed by atoms with Gasteiger partial charge < -0.3 is 19.9 Å². The van der Waals surface area contributed by atoms with Gasteiger partial charge in [-0.15, -0.1) is 0 Å². The summed E-state index contributed by atoms with van der Waals surface area (Å²) >= 11 is 0. The number of methoxy groups -OCH3 is 1. The number of carbonyl (C=O) groups excluding carboxylic acids is 2. The van der Waals surface area contributed by atoms with Gasteiger partial charge in [-0.25, -0.2) is 4.79 Å². The number of aromatic amines is 1. The maximum Gasteiger partial charge on any atom is 0.356 e. The fourth-order valence-corrected chi connectivity index (χ4v) is 4.17. The molecule has 2 heterocycles. The zero-order valence-electron chi connectivity index (χ0n) is 15.9. The fourth-order valence-electron chi connectivity index (χ4n) is 4.17. The lowest BCUT2D eigenvalue weighted by Gasteiger charge is -2.31. The normalized spacial score (nSPS) is 23.0. The first-order valence-electron chi connectivity index (χ1n) is 9.21. The summed E-state index contributed by atoms with van der Waals surface area (Å²) in [6.45, 7) is 8.89. The molecule has 140 valence electrons. The van der Waals surface area contributed by atoms with Crippen LogP contribution < -0.4 is 10.2 Å². The van der Waals surface area contributed by atoms with Crippen molar-refractivity contribution >= 4 is 28.5 Å². The first-order chi connectivity index (χ1) is 12.4. The highest BCUT2D eigenvalue weighted by Crippen LogP contribution is 2.29. The van der Waals surface area contributed by atoms with Crippen LogP contribution in [0.15, 0.2) is 18.2 Å². The molecular formula is C20H28N3O3+. The third-order valence-electron chi connectivity index (χ3n) is 5.10. The lowest BCUT2D eigenvalue weighted by molar-refractivity contribution is -0.904. The standard InChI is InChI=1S/C20H27N3O3/c1-12-5-6-16-15(8-12)18(19(21-16)20(25)26-4)22-17(24)11-23-9-13(2)7-14(3)10-23/h5-6,8,13-14,21H,7,9-11H2,1-4H3,(H,22,24)/p+1/t13-,14-/m0/s1. The van der Waals surface area contributed by atoms with Gasteiger partial charge in [0.2, 0.25) is 0 Å². The molecule has 0 saturated carbocycles. The summed E-state index contributed by atoms with van der Waals surface area (Å²) < 4.78 is 4.87. The fraction of sp³-hybridized carbons (Fsp3) is 0.500. The number of likely N-dealkylation sites (tertiary alicyclic amines) is 1. The number of hydrogen-bond acceptors (Lipinski definition) is 3. The predicted octanol–water partition coefficient (Wildman–Crippen LogP) is 1.76. The molecule has 1 amide bonds. The molecule has 3 N–H and O–H groups in total. The van der Waals surface area contributed by atoms with E-state index in [9.17, 15) is 9.59 Å². The molecule has 6 nitrogen and oxygen atoms in total. The number of piperidine rings is 1. The van der Waals surface area contributed by atoms with Gasteiger partial charge in [-0.2, -0.15) is 0 Å². The molecule has 2 aromatic rings. The van der Waals surface area contributed by atoms with Gasteiger partial charge in [-0.3, -0.25) is 4.79 Å². The van der Waals surface area contributed by atoms with Crippen LogP contribution in [0.1, 0.15) is 36.3 Å². The number of hydrogen-bond donors (Lipinski definition) is 3. The average molecular weight is 358 g/mol. The predicted molar refractivity (Wildman–Crippen MR) is 102 cm³/mol. The monoisotopic (exact) mass is 358 g/mol. The van der Waals surface area contributed by atoms with Crippen LogP contribution in [0.3, 0.4) is 0 Å². The molecule has 26 heavy (non-hydrogen) atoms. The second-order valence-electron chi connectivity index (χ2n) is 7.74. The summed E-state index contributed by atoms with van der Waals surface area (Å²) in [7, 11) is 1.34. The Kier molecular flexibility index (Phi) is 5.32. The number of H-pyrrole nitrogens is 1. The number of fused-ring (bicyclic) bond motifs is 1. The lowest BCUT2D eigenvalue weighted by Crippen LogP contribution is -3.15. The van der Waals surface area contributed by atoms with Gasteiger partial charge in [-0.1, -0.05) is 25.5 Å². The largest absolute Gasteiger partial charge is 0.464 e. The van der Waals surface area contributed by atoms with Crippen LogP contribution in [0.4, 0.5) is 5.69 Å². The first-order valence-corrected chi connectivity index (χ1v) is 9.21. The van der Waals surface area contributed by atoms with Crippen LogP contribution in [0.5, 0.6) is 0 Å². The number of esters is 1. The number of nitrogens with one attached hydrogen (secondary N) is 3. The number of amides is 1. The Bertz CT molecular complexity index is 817. The van der Waals surface area contributed by atoms with Crippen molar-refractivity contribution in [1.29, 1.82) is 0 Å². The van der Waals surface area contributed by atoms with Crippen molar-refractivity contribution in [2.24, 2.45) is 11.8 Å². The first kappa shape index (κ1) is 18.5. The van der Waals surface area contributed by atoms with Crippen molar-refractivity contribution < 1.29 is 19.2 Å². The summed E-state index contributed by atoms with van der Waals surface area (Å²) in [6, 6.07) is 5.84. The molecule has 1 aromatic heterocycles. The minimum atomic E-state index is -0.485. The highest BCUT2D eigenvalue weighted by Gasteiger charge is 2.28. The molecule has 1 aromatic carbocycles. The summed E-state index contributed by atoms with van der Waals surface area (Å²) in [5, 5.41) is 3.79. The van der Waals surface area contributed by atoms with Crippen LogP contribution in [-0.2, 0) is 9.53 Å². The van der Waals surface area contributed by atoms with E-state index in [2.05, 4.69) is 24.1 Å². The van der Waals surface area contributed by atoms with E-state index in [0.717, 1.165) is 29.6 Å². The maximum absolute atomic E-state index is 12.7. The molecule has 1 fully saturated rings. The zero-order chi connectivity index (χ0) is 18.8. The van der Waals surface area contributed by atoms with Crippen LogP contribution in [-0.4, -0.2) is 43.6 Å². The Labute approximate surface area is 153 Å². The smallest absolute Gasteiger partial charge is 0.356 e. The number of quaternary nitrogens is 1. The van der Waals surface area contributed by atoms with Gasteiger partial charge in [0.15, 0.2) is 6.54 Å². The molecule has 3 rings (SSSR count). The van der Waals surface area contributed by atoms with Crippen LogP contribution in [0.2, 0.25) is 0 Å². The van der Waals surface area contributed by atoms with Gasteiger partial charge >= 0.3 is 5.97 Å². The number of carbonyl (C=O) groups is 2. The quantitative estimate of drug-likeness (QED) is 0.729. The number of ether oxygens (including phenoxy) is 1. The number of benzene rings is 1. The van der Waals surface area contributed by atoms with E-state index in [4.69, 9.17) is 4.74 Å². The topological polar surface area (TPSA) is 75.6 Å². The molecule has 0 radical (unpaired) electrons. The number of rotatable bonds is 4. The highest BCUT2D eigenvalue weighted by molar-refractivity contribution is 6.11. The Balaban J connectivity index is 1.83. The molecule has 1 aliphatic heterocycles. The van der Waals surface area contributed by atoms with E-state index in [0.29, 0.717) is 24.1 Å². The summed E-state index contributed by atoms with van der Waals surface area (Å²) in [5.74, 6) is 0.696. The van der Waals surface area contributed by atoms with Crippen molar-refractivity contribution in [3.05, 3.63) is 29.5 Å². The molecule has 2 atom stereocenters. The third kappa shape index (κ3) is 3.90. The maximum atomic E-state index is 12.7. The second-order valence-corrected chi connectivity index (χ2v) is 7.74. The van der Waals surface area contributed by atoms with E-state index in [1.54, 1.807) is 0 Å². The van der Waals surface area contributed by atoms with Crippen LogP contribution >= 0.6 is 0 Å². The van der Waals surface area contributed by atoms with Gasteiger partial charge in [0, 0.05) is 22.7 Å². The third-order valence-corrected chi connectivity index (χ3v) is 5.10. The van der Waals surface area contributed by atoms with E-state index < -0.39 is 5.97 Å². The molecule has 0 unspecified atom stereocenters. The summed E-state index contributed by atoms with van der Waals surface area (Å²) in [6.07, 6.45) is 1.22. The molecule has 6 heteroatoms. The summed E-state index contributed by atoms with van der Waals surface area (Å²) in [4.78, 5) is 29.2. The minimum Gasteiger partial charge on any atom is -0.464 e.